The smallest absolute Gasteiger partial charge is 0.294 e. The topological polar surface area (TPSA) is 95.8 Å². The molecule has 8 nitrogen and oxygen atoms in total. The minimum absolute atomic E-state index is 0.103. The fourth-order valence-electron chi connectivity index (χ4n) is 4.74. The van der Waals surface area contributed by atoms with Crippen molar-refractivity contribution in [1.29, 1.82) is 0 Å². The summed E-state index contributed by atoms with van der Waals surface area (Å²) in [6.45, 7) is 5.75. The van der Waals surface area contributed by atoms with E-state index < -0.39 is 16.7 Å². The maximum absolute atomic E-state index is 13.7. The van der Waals surface area contributed by atoms with Crippen molar-refractivity contribution in [1.82, 2.24) is 0 Å². The standard InChI is InChI=1S/C28H23ClN4O4/c1-3-31(4-2)19-12-14-20(15-13-19)32-27(34)22-7-5-6-21-25(22)23(28(32)35)16-24(33(36)37)26(21)30-18-10-8-17(29)9-11-18/h5-16,30H,3-4H2,1-2H3. The fraction of sp³-hybridized carbons (Fsp3) is 0.143. The number of imide groups is 1. The van der Waals surface area contributed by atoms with E-state index >= 15 is 0 Å². The molecule has 0 atom stereocenters. The fourth-order valence-corrected chi connectivity index (χ4v) is 4.86. The molecule has 0 fully saturated rings. The Bertz CT molecular complexity index is 1550. The molecular weight excluding hydrogens is 492 g/mol. The lowest BCUT2D eigenvalue weighted by Gasteiger charge is -2.28. The third kappa shape index (κ3) is 4.15. The second-order valence-corrected chi connectivity index (χ2v) is 9.01. The molecule has 0 spiro atoms. The second-order valence-electron chi connectivity index (χ2n) is 8.57. The molecule has 9 heteroatoms. The normalized spacial score (nSPS) is 12.7. The first-order valence-electron chi connectivity index (χ1n) is 11.8. The van der Waals surface area contributed by atoms with Crippen molar-refractivity contribution in [2.24, 2.45) is 0 Å². The van der Waals surface area contributed by atoms with Gasteiger partial charge in [0.2, 0.25) is 0 Å². The van der Waals surface area contributed by atoms with E-state index in [1.807, 2.05) is 12.1 Å². The van der Waals surface area contributed by atoms with E-state index in [9.17, 15) is 19.7 Å². The number of nitro groups is 1. The monoisotopic (exact) mass is 514 g/mol. The van der Waals surface area contributed by atoms with Crippen LogP contribution in [-0.4, -0.2) is 29.8 Å². The van der Waals surface area contributed by atoms with Gasteiger partial charge in [0.15, 0.2) is 0 Å². The summed E-state index contributed by atoms with van der Waals surface area (Å²) >= 11 is 5.98. The van der Waals surface area contributed by atoms with E-state index in [1.165, 1.54) is 6.07 Å². The molecule has 37 heavy (non-hydrogen) atoms. The predicted octanol–water partition coefficient (Wildman–Crippen LogP) is 6.79. The molecule has 1 aliphatic heterocycles. The zero-order valence-corrected chi connectivity index (χ0v) is 21.0. The summed E-state index contributed by atoms with van der Waals surface area (Å²) < 4.78 is 0. The summed E-state index contributed by atoms with van der Waals surface area (Å²) in [4.78, 5) is 42.1. The SMILES string of the molecule is CCN(CC)c1ccc(N2C(=O)c3cccc4c(Nc5ccc(Cl)cc5)c([N+](=O)[O-])cc(c34)C2=O)cc1. The Labute approximate surface area is 218 Å². The predicted molar refractivity (Wildman–Crippen MR) is 146 cm³/mol. The quantitative estimate of drug-likeness (QED) is 0.166. The molecule has 4 aromatic carbocycles. The lowest BCUT2D eigenvalue weighted by atomic mass is 9.91. The third-order valence-corrected chi connectivity index (χ3v) is 6.81. The molecule has 4 aromatic rings. The molecular formula is C28H23ClN4O4. The van der Waals surface area contributed by atoms with Gasteiger partial charge in [-0.15, -0.1) is 0 Å². The van der Waals surface area contributed by atoms with Gasteiger partial charge in [0.1, 0.15) is 5.69 Å². The van der Waals surface area contributed by atoms with Gasteiger partial charge < -0.3 is 10.2 Å². The van der Waals surface area contributed by atoms with Crippen LogP contribution in [0.3, 0.4) is 0 Å². The van der Waals surface area contributed by atoms with Crippen LogP contribution in [0.25, 0.3) is 10.8 Å². The molecule has 0 bridgehead atoms. The number of nitrogens with one attached hydrogen (secondary N) is 1. The van der Waals surface area contributed by atoms with Gasteiger partial charge in [-0.05, 0) is 68.4 Å². The average molecular weight is 515 g/mol. The minimum Gasteiger partial charge on any atom is -0.372 e. The summed E-state index contributed by atoms with van der Waals surface area (Å²) in [6, 6.07) is 20.1. The molecule has 186 valence electrons. The minimum atomic E-state index is -0.606. The van der Waals surface area contributed by atoms with Gasteiger partial charge in [0, 0.05) is 51.9 Å². The molecule has 0 saturated heterocycles. The molecule has 1 N–H and O–H groups in total. The number of benzene rings is 4. The van der Waals surface area contributed by atoms with E-state index in [1.54, 1.807) is 54.6 Å². The number of carbonyl (C=O) groups excluding carboxylic acids is 2. The van der Waals surface area contributed by atoms with E-state index in [0.717, 1.165) is 23.7 Å². The highest BCUT2D eigenvalue weighted by Gasteiger charge is 2.37. The van der Waals surface area contributed by atoms with Crippen molar-refractivity contribution in [2.45, 2.75) is 13.8 Å². The van der Waals surface area contributed by atoms with E-state index in [-0.39, 0.29) is 16.9 Å². The Kier molecular flexibility index (Phi) is 6.27. The van der Waals surface area contributed by atoms with Crippen molar-refractivity contribution in [3.8, 4) is 0 Å². The number of hydrogen-bond acceptors (Lipinski definition) is 6. The first-order chi connectivity index (χ1) is 17.8. The van der Waals surface area contributed by atoms with Crippen LogP contribution in [0.15, 0.2) is 72.8 Å². The maximum Gasteiger partial charge on any atom is 0.294 e. The van der Waals surface area contributed by atoms with Gasteiger partial charge in [-0.1, -0.05) is 23.7 Å². The third-order valence-electron chi connectivity index (χ3n) is 6.55. The van der Waals surface area contributed by atoms with Crippen LogP contribution < -0.4 is 15.1 Å². The Morgan fingerprint density at radius 2 is 1.57 bits per heavy atom. The number of halogens is 1. The molecule has 1 heterocycles. The van der Waals surface area contributed by atoms with E-state index in [2.05, 4.69) is 24.1 Å². The number of carbonyl (C=O) groups is 2. The first kappa shape index (κ1) is 24.3. The Morgan fingerprint density at radius 3 is 2.19 bits per heavy atom. The molecule has 0 radical (unpaired) electrons. The van der Waals surface area contributed by atoms with Crippen molar-refractivity contribution in [3.05, 3.63) is 99.1 Å². The maximum atomic E-state index is 13.7. The van der Waals surface area contributed by atoms with Crippen molar-refractivity contribution < 1.29 is 14.5 Å². The van der Waals surface area contributed by atoms with Crippen LogP contribution in [0.4, 0.5) is 28.4 Å². The average Bonchev–Trinajstić information content (AvgIpc) is 2.90. The molecule has 5 rings (SSSR count). The molecule has 1 aliphatic rings. The largest absolute Gasteiger partial charge is 0.372 e. The summed E-state index contributed by atoms with van der Waals surface area (Å²) in [5.74, 6) is -1.09. The number of nitro benzene ring substituents is 1. The van der Waals surface area contributed by atoms with Gasteiger partial charge in [-0.25, -0.2) is 4.90 Å². The summed E-state index contributed by atoms with van der Waals surface area (Å²) in [5.41, 5.74) is 2.29. The van der Waals surface area contributed by atoms with Crippen molar-refractivity contribution >= 4 is 62.6 Å². The van der Waals surface area contributed by atoms with Gasteiger partial charge in [-0.2, -0.15) is 0 Å². The molecule has 0 unspecified atom stereocenters. The van der Waals surface area contributed by atoms with E-state index in [4.69, 9.17) is 11.6 Å². The number of amides is 2. The number of rotatable bonds is 7. The Hall–Kier alpha value is -4.43. The van der Waals surface area contributed by atoms with Crippen molar-refractivity contribution in [3.63, 3.8) is 0 Å². The van der Waals surface area contributed by atoms with Crippen LogP contribution in [0, 0.1) is 10.1 Å². The van der Waals surface area contributed by atoms with Crippen LogP contribution in [0.5, 0.6) is 0 Å². The van der Waals surface area contributed by atoms with Gasteiger partial charge in [0.25, 0.3) is 17.5 Å². The summed E-state index contributed by atoms with van der Waals surface area (Å²) in [6.07, 6.45) is 0. The van der Waals surface area contributed by atoms with Crippen LogP contribution in [0.2, 0.25) is 5.02 Å². The first-order valence-corrected chi connectivity index (χ1v) is 12.2. The van der Waals surface area contributed by atoms with E-state index in [0.29, 0.717) is 32.7 Å². The highest BCUT2D eigenvalue weighted by Crippen LogP contribution is 2.42. The summed E-state index contributed by atoms with van der Waals surface area (Å²) in [5, 5.41) is 16.5. The van der Waals surface area contributed by atoms with Crippen molar-refractivity contribution in [2.75, 3.05) is 28.2 Å². The lowest BCUT2D eigenvalue weighted by molar-refractivity contribution is -0.383. The van der Waals surface area contributed by atoms with Gasteiger partial charge in [0.05, 0.1) is 16.2 Å². The Morgan fingerprint density at radius 1 is 0.919 bits per heavy atom. The molecule has 2 amide bonds. The zero-order valence-electron chi connectivity index (χ0n) is 20.2. The second kappa shape index (κ2) is 9.55. The molecule has 0 aromatic heterocycles. The highest BCUT2D eigenvalue weighted by atomic mass is 35.5. The Balaban J connectivity index is 1.64. The zero-order chi connectivity index (χ0) is 26.3. The molecule has 0 aliphatic carbocycles. The summed E-state index contributed by atoms with van der Waals surface area (Å²) in [7, 11) is 0. The van der Waals surface area contributed by atoms with Crippen LogP contribution in [-0.2, 0) is 0 Å². The van der Waals surface area contributed by atoms with Gasteiger partial charge in [-0.3, -0.25) is 19.7 Å². The number of hydrogen-bond donors (Lipinski definition) is 1. The number of nitrogens with zero attached hydrogens (tertiary/aromatic N) is 3. The van der Waals surface area contributed by atoms with Crippen LogP contribution in [0.1, 0.15) is 34.6 Å². The highest BCUT2D eigenvalue weighted by molar-refractivity contribution is 6.37. The molecule has 0 saturated carbocycles. The number of anilines is 4. The van der Waals surface area contributed by atoms with Gasteiger partial charge >= 0.3 is 0 Å². The van der Waals surface area contributed by atoms with Crippen LogP contribution >= 0.6 is 11.6 Å². The lowest BCUT2D eigenvalue weighted by Crippen LogP contribution is -2.40.